The van der Waals surface area contributed by atoms with Crippen LogP contribution < -0.4 is 10.0 Å². The summed E-state index contributed by atoms with van der Waals surface area (Å²) in [6.07, 6.45) is -3.61. The fourth-order valence-electron chi connectivity index (χ4n) is 2.08. The lowest BCUT2D eigenvalue weighted by Crippen LogP contribution is -2.16. The molecule has 27 heavy (non-hydrogen) atoms. The Bertz CT molecular complexity index is 972. The molecule has 5 nitrogen and oxygen atoms in total. The number of carbonyl (C=O) groups is 1. The van der Waals surface area contributed by atoms with Gasteiger partial charge in [0.25, 0.3) is 10.0 Å². The van der Waals surface area contributed by atoms with Crippen LogP contribution in [-0.4, -0.2) is 14.3 Å². The SMILES string of the molecule is CC(=O)Nc1ccc(NS(=O)(=O)/C=C/c2ccc(Cl)cc2)c(C(F)(F)F)c1. The highest BCUT2D eigenvalue weighted by Gasteiger charge is 2.34. The monoisotopic (exact) mass is 418 g/mol. The predicted molar refractivity (Wildman–Crippen MR) is 98.8 cm³/mol. The number of amides is 1. The summed E-state index contributed by atoms with van der Waals surface area (Å²) < 4.78 is 65.9. The first-order valence-corrected chi connectivity index (χ1v) is 9.34. The lowest BCUT2D eigenvalue weighted by Gasteiger charge is -2.15. The number of alkyl halides is 3. The first-order chi connectivity index (χ1) is 12.5. The van der Waals surface area contributed by atoms with Crippen molar-refractivity contribution in [2.24, 2.45) is 0 Å². The van der Waals surface area contributed by atoms with Crippen molar-refractivity contribution in [1.82, 2.24) is 0 Å². The number of halogens is 4. The molecule has 2 rings (SSSR count). The van der Waals surface area contributed by atoms with E-state index in [1.807, 2.05) is 4.72 Å². The number of carbonyl (C=O) groups excluding carboxylic acids is 1. The molecule has 0 heterocycles. The Morgan fingerprint density at radius 2 is 1.74 bits per heavy atom. The third-order valence-corrected chi connectivity index (χ3v) is 4.46. The first-order valence-electron chi connectivity index (χ1n) is 7.41. The van der Waals surface area contributed by atoms with Gasteiger partial charge in [-0.25, -0.2) is 8.42 Å². The van der Waals surface area contributed by atoms with E-state index < -0.39 is 33.4 Å². The molecular formula is C17H14ClF3N2O3S. The van der Waals surface area contributed by atoms with Crippen LogP contribution in [0.1, 0.15) is 18.1 Å². The summed E-state index contributed by atoms with van der Waals surface area (Å²) in [5, 5.41) is 3.43. The van der Waals surface area contributed by atoms with Crippen molar-refractivity contribution in [1.29, 1.82) is 0 Å². The molecule has 0 aliphatic rings. The van der Waals surface area contributed by atoms with E-state index in [0.29, 0.717) is 16.7 Å². The van der Waals surface area contributed by atoms with Gasteiger partial charge in [0.1, 0.15) is 0 Å². The molecule has 144 valence electrons. The van der Waals surface area contributed by atoms with Gasteiger partial charge in [-0.3, -0.25) is 9.52 Å². The molecule has 2 N–H and O–H groups in total. The molecular weight excluding hydrogens is 405 g/mol. The number of hydrogen-bond acceptors (Lipinski definition) is 3. The number of hydrogen-bond donors (Lipinski definition) is 2. The van der Waals surface area contributed by atoms with Crippen LogP contribution in [0.5, 0.6) is 0 Å². The van der Waals surface area contributed by atoms with Crippen LogP contribution >= 0.6 is 11.6 Å². The van der Waals surface area contributed by atoms with Gasteiger partial charge in [-0.1, -0.05) is 23.7 Å². The fourth-order valence-corrected chi connectivity index (χ4v) is 3.09. The van der Waals surface area contributed by atoms with E-state index in [-0.39, 0.29) is 5.69 Å². The van der Waals surface area contributed by atoms with Crippen molar-refractivity contribution in [2.75, 3.05) is 10.0 Å². The molecule has 2 aromatic rings. The Kier molecular flexibility index (Phi) is 6.17. The van der Waals surface area contributed by atoms with Gasteiger partial charge in [0, 0.05) is 17.6 Å². The molecule has 0 bridgehead atoms. The van der Waals surface area contributed by atoms with Crippen molar-refractivity contribution in [2.45, 2.75) is 13.1 Å². The lowest BCUT2D eigenvalue weighted by molar-refractivity contribution is -0.136. The molecule has 0 aliphatic carbocycles. The van der Waals surface area contributed by atoms with Crippen LogP contribution in [0.15, 0.2) is 47.9 Å². The maximum absolute atomic E-state index is 13.3. The van der Waals surface area contributed by atoms with Gasteiger partial charge in [0.2, 0.25) is 5.91 Å². The number of benzene rings is 2. The molecule has 1 amide bonds. The zero-order valence-corrected chi connectivity index (χ0v) is 15.4. The summed E-state index contributed by atoms with van der Waals surface area (Å²) in [7, 11) is -4.21. The number of rotatable bonds is 5. The zero-order valence-electron chi connectivity index (χ0n) is 13.8. The smallest absolute Gasteiger partial charge is 0.326 e. The Labute approximate surface area is 158 Å². The third-order valence-electron chi connectivity index (χ3n) is 3.21. The maximum Gasteiger partial charge on any atom is 0.418 e. The molecule has 0 atom stereocenters. The molecule has 0 unspecified atom stereocenters. The highest BCUT2D eigenvalue weighted by Crippen LogP contribution is 2.37. The predicted octanol–water partition coefficient (Wildman–Crippen LogP) is 4.73. The van der Waals surface area contributed by atoms with E-state index in [4.69, 9.17) is 11.6 Å². The van der Waals surface area contributed by atoms with E-state index >= 15 is 0 Å². The molecule has 0 fully saturated rings. The third kappa shape index (κ3) is 6.30. The number of sulfonamides is 1. The largest absolute Gasteiger partial charge is 0.418 e. The molecule has 0 aromatic heterocycles. The van der Waals surface area contributed by atoms with Crippen LogP contribution in [0.25, 0.3) is 6.08 Å². The Balaban J connectivity index is 2.31. The summed E-state index contributed by atoms with van der Waals surface area (Å²) in [5.41, 5.74) is -1.48. The Morgan fingerprint density at radius 1 is 1.11 bits per heavy atom. The number of anilines is 2. The highest BCUT2D eigenvalue weighted by atomic mass is 35.5. The zero-order chi connectivity index (χ0) is 20.2. The summed E-state index contributed by atoms with van der Waals surface area (Å²) in [6.45, 7) is 1.14. The van der Waals surface area contributed by atoms with Crippen LogP contribution in [-0.2, 0) is 21.0 Å². The van der Waals surface area contributed by atoms with Crippen LogP contribution in [0.3, 0.4) is 0 Å². The summed E-state index contributed by atoms with van der Waals surface area (Å²) in [5.74, 6) is -0.553. The second-order valence-corrected chi connectivity index (χ2v) is 7.44. The molecule has 0 radical (unpaired) electrons. The van der Waals surface area contributed by atoms with Crippen molar-refractivity contribution >= 4 is 45.0 Å². The van der Waals surface area contributed by atoms with Crippen molar-refractivity contribution in [3.63, 3.8) is 0 Å². The average Bonchev–Trinajstić information content (AvgIpc) is 2.54. The van der Waals surface area contributed by atoms with Gasteiger partial charge in [-0.15, -0.1) is 0 Å². The van der Waals surface area contributed by atoms with E-state index in [9.17, 15) is 26.4 Å². The topological polar surface area (TPSA) is 75.3 Å². The second kappa shape index (κ2) is 8.01. The Morgan fingerprint density at radius 3 is 2.30 bits per heavy atom. The molecule has 2 aromatic carbocycles. The minimum atomic E-state index is -4.83. The molecule has 0 saturated heterocycles. The summed E-state index contributed by atoms with van der Waals surface area (Å²) in [4.78, 5) is 11.0. The minimum Gasteiger partial charge on any atom is -0.326 e. The first kappa shape index (κ1) is 20.8. The summed E-state index contributed by atoms with van der Waals surface area (Å²) in [6, 6.07) is 8.95. The van der Waals surface area contributed by atoms with Gasteiger partial charge < -0.3 is 5.32 Å². The summed E-state index contributed by atoms with van der Waals surface area (Å²) >= 11 is 5.73. The van der Waals surface area contributed by atoms with Crippen molar-refractivity contribution < 1.29 is 26.4 Å². The Hall–Kier alpha value is -2.52. The average molecular weight is 419 g/mol. The van der Waals surface area contributed by atoms with Crippen molar-refractivity contribution in [3.8, 4) is 0 Å². The normalized spacial score (nSPS) is 12.2. The minimum absolute atomic E-state index is 0.102. The van der Waals surface area contributed by atoms with E-state index in [1.165, 1.54) is 6.08 Å². The van der Waals surface area contributed by atoms with Crippen molar-refractivity contribution in [3.05, 3.63) is 64.0 Å². The highest BCUT2D eigenvalue weighted by molar-refractivity contribution is 7.95. The molecule has 0 aliphatic heterocycles. The fraction of sp³-hybridized carbons (Fsp3) is 0.118. The quantitative estimate of drug-likeness (QED) is 0.737. The van der Waals surface area contributed by atoms with E-state index in [1.54, 1.807) is 24.3 Å². The molecule has 0 saturated carbocycles. The standard InChI is InChI=1S/C17H14ClF3N2O3S/c1-11(24)22-14-6-7-16(15(10-14)17(19,20)21)23-27(25,26)9-8-12-2-4-13(18)5-3-12/h2-10,23H,1H3,(H,22,24)/b9-8+. The van der Waals surface area contributed by atoms with Gasteiger partial charge in [0.15, 0.2) is 0 Å². The van der Waals surface area contributed by atoms with Crippen LogP contribution in [0, 0.1) is 0 Å². The van der Waals surface area contributed by atoms with Gasteiger partial charge in [0.05, 0.1) is 16.7 Å². The molecule has 10 heteroatoms. The van der Waals surface area contributed by atoms with E-state index in [2.05, 4.69) is 5.32 Å². The van der Waals surface area contributed by atoms with Gasteiger partial charge in [-0.05, 0) is 42.0 Å². The van der Waals surface area contributed by atoms with Crippen LogP contribution in [0.2, 0.25) is 5.02 Å². The van der Waals surface area contributed by atoms with E-state index in [0.717, 1.165) is 24.5 Å². The maximum atomic E-state index is 13.3. The second-order valence-electron chi connectivity index (χ2n) is 5.44. The lowest BCUT2D eigenvalue weighted by atomic mass is 10.1. The number of nitrogens with one attached hydrogen (secondary N) is 2. The van der Waals surface area contributed by atoms with Gasteiger partial charge >= 0.3 is 6.18 Å². The van der Waals surface area contributed by atoms with Gasteiger partial charge in [-0.2, -0.15) is 13.2 Å². The molecule has 0 spiro atoms. The van der Waals surface area contributed by atoms with Crippen LogP contribution in [0.4, 0.5) is 24.5 Å².